The monoisotopic (exact) mass is 330 g/mol. The number of hydrogen-bond acceptors (Lipinski definition) is 4. The molecule has 7 heteroatoms. The normalized spacial score (nSPS) is 20.4. The highest BCUT2D eigenvalue weighted by molar-refractivity contribution is 7.91. The number of sulfonamides is 1. The van der Waals surface area contributed by atoms with Gasteiger partial charge in [-0.05, 0) is 38.1 Å². The van der Waals surface area contributed by atoms with E-state index in [9.17, 15) is 13.2 Å². The van der Waals surface area contributed by atoms with Crippen LogP contribution in [0.5, 0.6) is 0 Å². The molecule has 0 spiro atoms. The van der Waals surface area contributed by atoms with Crippen molar-refractivity contribution in [2.45, 2.75) is 30.9 Å². The maximum atomic E-state index is 12.5. The van der Waals surface area contributed by atoms with Gasteiger partial charge in [-0.3, -0.25) is 4.79 Å². The summed E-state index contributed by atoms with van der Waals surface area (Å²) in [5.41, 5.74) is 0. The Labute approximate surface area is 130 Å². The first kappa shape index (κ1) is 16.5. The largest absolute Gasteiger partial charge is 0.343 e. The predicted molar refractivity (Wildman–Crippen MR) is 83.7 cm³/mol. The minimum absolute atomic E-state index is 0.0751. The van der Waals surface area contributed by atoms with Gasteiger partial charge in [-0.25, -0.2) is 8.42 Å². The lowest BCUT2D eigenvalue weighted by atomic mass is 9.98. The molecule has 5 nitrogen and oxygen atoms in total. The van der Waals surface area contributed by atoms with Gasteiger partial charge >= 0.3 is 0 Å². The van der Waals surface area contributed by atoms with Gasteiger partial charge in [-0.2, -0.15) is 4.31 Å². The average molecular weight is 330 g/mol. The van der Waals surface area contributed by atoms with Crippen molar-refractivity contribution < 1.29 is 13.2 Å². The second-order valence-corrected chi connectivity index (χ2v) is 8.26. The van der Waals surface area contributed by atoms with E-state index < -0.39 is 10.0 Å². The third-order valence-corrected chi connectivity index (χ3v) is 7.14. The Bertz CT molecular complexity index is 565. The lowest BCUT2D eigenvalue weighted by Gasteiger charge is -2.33. The van der Waals surface area contributed by atoms with Gasteiger partial charge in [0, 0.05) is 26.2 Å². The molecule has 118 valence electrons. The van der Waals surface area contributed by atoms with E-state index in [0.29, 0.717) is 30.4 Å². The first-order valence-electron chi connectivity index (χ1n) is 7.33. The van der Waals surface area contributed by atoms with Gasteiger partial charge < -0.3 is 4.90 Å². The van der Waals surface area contributed by atoms with Gasteiger partial charge in [0.05, 0.1) is 5.92 Å². The fraction of sp³-hybridized carbons (Fsp3) is 0.643. The Morgan fingerprint density at radius 3 is 2.71 bits per heavy atom. The van der Waals surface area contributed by atoms with Gasteiger partial charge in [0.1, 0.15) is 4.21 Å². The third kappa shape index (κ3) is 3.46. The summed E-state index contributed by atoms with van der Waals surface area (Å²) in [5, 5.41) is 1.76. The molecule has 0 N–H and O–H groups in total. The number of piperidine rings is 1. The first-order valence-corrected chi connectivity index (χ1v) is 9.65. The number of nitrogens with zero attached hydrogens (tertiary/aromatic N) is 2. The first-order chi connectivity index (χ1) is 10.0. The quantitative estimate of drug-likeness (QED) is 0.830. The Hall–Kier alpha value is -0.920. The molecule has 0 radical (unpaired) electrons. The average Bonchev–Trinajstić information content (AvgIpc) is 3.03. The Morgan fingerprint density at radius 1 is 1.43 bits per heavy atom. The van der Waals surface area contributed by atoms with Crippen molar-refractivity contribution in [3.05, 3.63) is 17.5 Å². The zero-order valence-electron chi connectivity index (χ0n) is 12.5. The lowest BCUT2D eigenvalue weighted by molar-refractivity contribution is -0.136. The number of rotatable bonds is 5. The zero-order valence-corrected chi connectivity index (χ0v) is 14.1. The number of hydrogen-bond donors (Lipinski definition) is 0. The summed E-state index contributed by atoms with van der Waals surface area (Å²) in [4.78, 5) is 14.2. The summed E-state index contributed by atoms with van der Waals surface area (Å²) in [6, 6.07) is 3.36. The van der Waals surface area contributed by atoms with Crippen LogP contribution in [0.1, 0.15) is 26.7 Å². The SMILES string of the molecule is CCN(CC)C(=O)[C@H]1CCCN(S(=O)(=O)c2cccs2)C1. The molecular formula is C14H22N2O3S2. The summed E-state index contributed by atoms with van der Waals surface area (Å²) >= 11 is 1.22. The van der Waals surface area contributed by atoms with Crippen molar-refractivity contribution in [2.75, 3.05) is 26.2 Å². The number of thiophene rings is 1. The third-order valence-electron chi connectivity index (χ3n) is 3.90. The zero-order chi connectivity index (χ0) is 15.5. The van der Waals surface area contributed by atoms with E-state index in [2.05, 4.69) is 0 Å². The molecule has 1 saturated heterocycles. The lowest BCUT2D eigenvalue weighted by Crippen LogP contribution is -2.46. The standard InChI is InChI=1S/C14H22N2O3S2/c1-3-15(4-2)14(17)12-7-5-9-16(11-12)21(18,19)13-8-6-10-20-13/h6,8,10,12H,3-5,7,9,11H2,1-2H3/t12-/m0/s1. The second-order valence-electron chi connectivity index (χ2n) is 5.14. The Kier molecular flexibility index (Phi) is 5.40. The van der Waals surface area contributed by atoms with Gasteiger partial charge in [0.15, 0.2) is 0 Å². The van der Waals surface area contributed by atoms with Gasteiger partial charge in [-0.15, -0.1) is 11.3 Å². The fourth-order valence-electron chi connectivity index (χ4n) is 2.69. The molecule has 0 saturated carbocycles. The number of carbonyl (C=O) groups excluding carboxylic acids is 1. The van der Waals surface area contributed by atoms with Crippen LogP contribution >= 0.6 is 11.3 Å². The van der Waals surface area contributed by atoms with Gasteiger partial charge in [0.25, 0.3) is 10.0 Å². The maximum absolute atomic E-state index is 12.5. The van der Waals surface area contributed by atoms with E-state index in [0.717, 1.165) is 12.8 Å². The molecule has 21 heavy (non-hydrogen) atoms. The highest BCUT2D eigenvalue weighted by Gasteiger charge is 2.34. The summed E-state index contributed by atoms with van der Waals surface area (Å²) in [5.74, 6) is -0.139. The van der Waals surface area contributed by atoms with Gasteiger partial charge in [-0.1, -0.05) is 6.07 Å². The molecule has 0 aromatic carbocycles. The molecule has 1 aliphatic rings. The molecule has 2 heterocycles. The van der Waals surface area contributed by atoms with Crippen LogP contribution in [0.4, 0.5) is 0 Å². The second kappa shape index (κ2) is 6.89. The van der Waals surface area contributed by atoms with E-state index in [1.165, 1.54) is 15.6 Å². The molecule has 0 bridgehead atoms. The molecular weight excluding hydrogens is 308 g/mol. The van der Waals surface area contributed by atoms with Crippen LogP contribution in [0, 0.1) is 5.92 Å². The predicted octanol–water partition coefficient (Wildman–Crippen LogP) is 2.02. The molecule has 0 aliphatic carbocycles. The van der Waals surface area contributed by atoms with Gasteiger partial charge in [0.2, 0.25) is 5.91 Å². The minimum Gasteiger partial charge on any atom is -0.343 e. The fourth-order valence-corrected chi connectivity index (χ4v) is 5.36. The number of amides is 1. The topological polar surface area (TPSA) is 57.7 Å². The van der Waals surface area contributed by atoms with Crippen LogP contribution < -0.4 is 0 Å². The molecule has 1 atom stereocenters. The summed E-state index contributed by atoms with van der Waals surface area (Å²) < 4.78 is 26.9. The highest BCUT2D eigenvalue weighted by atomic mass is 32.2. The van der Waals surface area contributed by atoms with Crippen LogP contribution in [0.25, 0.3) is 0 Å². The van der Waals surface area contributed by atoms with Crippen LogP contribution in [-0.2, 0) is 14.8 Å². The Morgan fingerprint density at radius 2 is 2.14 bits per heavy atom. The number of carbonyl (C=O) groups is 1. The summed E-state index contributed by atoms with van der Waals surface area (Å²) in [6.45, 7) is 6.04. The highest BCUT2D eigenvalue weighted by Crippen LogP contribution is 2.27. The maximum Gasteiger partial charge on any atom is 0.252 e. The van der Waals surface area contributed by atoms with Crippen molar-refractivity contribution >= 4 is 27.3 Å². The van der Waals surface area contributed by atoms with E-state index in [1.54, 1.807) is 22.4 Å². The summed E-state index contributed by atoms with van der Waals surface area (Å²) in [6.07, 6.45) is 1.51. The smallest absolute Gasteiger partial charge is 0.252 e. The van der Waals surface area contributed by atoms with E-state index in [4.69, 9.17) is 0 Å². The molecule has 1 aromatic heterocycles. The van der Waals surface area contributed by atoms with Crippen molar-refractivity contribution in [1.82, 2.24) is 9.21 Å². The van der Waals surface area contributed by atoms with Crippen LogP contribution in [-0.4, -0.2) is 49.7 Å². The molecule has 1 amide bonds. The van der Waals surface area contributed by atoms with E-state index in [-0.39, 0.29) is 11.8 Å². The molecule has 1 fully saturated rings. The van der Waals surface area contributed by atoms with Crippen molar-refractivity contribution in [3.63, 3.8) is 0 Å². The minimum atomic E-state index is -3.44. The Balaban J connectivity index is 2.13. The summed E-state index contributed by atoms with van der Waals surface area (Å²) in [7, 11) is -3.44. The van der Waals surface area contributed by atoms with Crippen LogP contribution in [0.15, 0.2) is 21.7 Å². The molecule has 1 aliphatic heterocycles. The molecule has 1 aromatic rings. The van der Waals surface area contributed by atoms with E-state index in [1.807, 2.05) is 13.8 Å². The van der Waals surface area contributed by atoms with Crippen LogP contribution in [0.3, 0.4) is 0 Å². The molecule has 2 rings (SSSR count). The van der Waals surface area contributed by atoms with Crippen molar-refractivity contribution in [1.29, 1.82) is 0 Å². The van der Waals surface area contributed by atoms with Crippen molar-refractivity contribution in [2.24, 2.45) is 5.92 Å². The van der Waals surface area contributed by atoms with E-state index >= 15 is 0 Å². The van der Waals surface area contributed by atoms with Crippen molar-refractivity contribution in [3.8, 4) is 0 Å². The van der Waals surface area contributed by atoms with Crippen LogP contribution in [0.2, 0.25) is 0 Å². The molecule has 0 unspecified atom stereocenters.